The number of hydrogen-bond acceptors (Lipinski definition) is 3. The summed E-state index contributed by atoms with van der Waals surface area (Å²) < 4.78 is 37.1. The quantitative estimate of drug-likeness (QED) is 0.813. The molecule has 0 aromatic carbocycles. The number of nitriles is 1. The predicted molar refractivity (Wildman–Crippen MR) is 44.9 cm³/mol. The summed E-state index contributed by atoms with van der Waals surface area (Å²) in [7, 11) is 0. The molecule has 0 saturated carbocycles. The van der Waals surface area contributed by atoms with Gasteiger partial charge in [-0.15, -0.1) is 0 Å². The first-order valence-corrected chi connectivity index (χ1v) is 4.05. The molecule has 1 N–H and O–H groups in total. The first kappa shape index (κ1) is 11.8. The van der Waals surface area contributed by atoms with E-state index in [9.17, 15) is 13.2 Å². The van der Waals surface area contributed by atoms with Crippen molar-refractivity contribution in [2.75, 3.05) is 0 Å². The number of aliphatic hydroxyl groups is 1. The number of rotatable bonds is 1. The minimum absolute atomic E-state index is 0.230. The molecular formula is C8H4ClF3N2O. The molecule has 0 aliphatic rings. The molecule has 0 bridgehead atoms. The summed E-state index contributed by atoms with van der Waals surface area (Å²) in [5.41, 5.74) is -2.34. The van der Waals surface area contributed by atoms with Gasteiger partial charge in [-0.3, -0.25) is 0 Å². The van der Waals surface area contributed by atoms with Crippen LogP contribution in [0.15, 0.2) is 6.07 Å². The van der Waals surface area contributed by atoms with Gasteiger partial charge >= 0.3 is 6.18 Å². The van der Waals surface area contributed by atoms with Crippen LogP contribution in [-0.4, -0.2) is 10.1 Å². The molecule has 80 valence electrons. The van der Waals surface area contributed by atoms with Gasteiger partial charge in [-0.1, -0.05) is 11.6 Å². The number of hydrogen-bond donors (Lipinski definition) is 1. The van der Waals surface area contributed by atoms with Crippen LogP contribution < -0.4 is 0 Å². The van der Waals surface area contributed by atoms with Crippen LogP contribution in [-0.2, 0) is 12.8 Å². The average Bonchev–Trinajstić information content (AvgIpc) is 2.15. The highest BCUT2D eigenvalue weighted by Gasteiger charge is 2.37. The van der Waals surface area contributed by atoms with Crippen molar-refractivity contribution >= 4 is 11.6 Å². The van der Waals surface area contributed by atoms with E-state index in [4.69, 9.17) is 22.0 Å². The fraction of sp³-hybridized carbons (Fsp3) is 0.250. The van der Waals surface area contributed by atoms with Gasteiger partial charge in [0, 0.05) is 0 Å². The molecule has 1 aromatic heterocycles. The van der Waals surface area contributed by atoms with Crippen molar-refractivity contribution in [3.8, 4) is 6.07 Å². The van der Waals surface area contributed by atoms with Crippen molar-refractivity contribution < 1.29 is 18.3 Å². The second-order valence-electron chi connectivity index (χ2n) is 2.59. The monoisotopic (exact) mass is 236 g/mol. The zero-order valence-corrected chi connectivity index (χ0v) is 7.89. The van der Waals surface area contributed by atoms with Gasteiger partial charge in [0.25, 0.3) is 0 Å². The highest BCUT2D eigenvalue weighted by molar-refractivity contribution is 6.31. The molecule has 0 atom stereocenters. The van der Waals surface area contributed by atoms with Gasteiger partial charge in [-0.05, 0) is 6.07 Å². The summed E-state index contributed by atoms with van der Waals surface area (Å²) >= 11 is 5.45. The Morgan fingerprint density at radius 1 is 1.53 bits per heavy atom. The fourth-order valence-corrected chi connectivity index (χ4v) is 1.21. The van der Waals surface area contributed by atoms with E-state index >= 15 is 0 Å². The van der Waals surface area contributed by atoms with Crippen LogP contribution >= 0.6 is 11.6 Å². The van der Waals surface area contributed by atoms with Crippen LogP contribution in [0.5, 0.6) is 0 Å². The Bertz CT molecular complexity index is 425. The van der Waals surface area contributed by atoms with E-state index in [2.05, 4.69) is 4.98 Å². The van der Waals surface area contributed by atoms with E-state index in [0.29, 0.717) is 0 Å². The first-order chi connectivity index (χ1) is 6.90. The molecule has 0 amide bonds. The molecular weight excluding hydrogens is 233 g/mol. The lowest BCUT2D eigenvalue weighted by atomic mass is 10.2. The van der Waals surface area contributed by atoms with Crippen molar-refractivity contribution in [3.63, 3.8) is 0 Å². The van der Waals surface area contributed by atoms with Crippen LogP contribution in [0.2, 0.25) is 5.02 Å². The Balaban J connectivity index is 3.48. The molecule has 0 spiro atoms. The lowest BCUT2D eigenvalue weighted by Gasteiger charge is -2.09. The summed E-state index contributed by atoms with van der Waals surface area (Å²) in [4.78, 5) is 3.11. The lowest BCUT2D eigenvalue weighted by molar-refractivity contribution is -0.141. The van der Waals surface area contributed by atoms with Crippen molar-refractivity contribution in [1.29, 1.82) is 5.26 Å². The van der Waals surface area contributed by atoms with Gasteiger partial charge in [-0.2, -0.15) is 18.4 Å². The molecule has 1 aromatic rings. The molecule has 0 aliphatic heterocycles. The molecule has 7 heteroatoms. The summed E-state index contributed by atoms with van der Waals surface area (Å²) in [5, 5.41) is 16.8. The summed E-state index contributed by atoms with van der Waals surface area (Å²) in [6.07, 6.45) is -4.76. The van der Waals surface area contributed by atoms with Crippen LogP contribution in [0.3, 0.4) is 0 Å². The number of alkyl halides is 3. The first-order valence-electron chi connectivity index (χ1n) is 3.67. The van der Waals surface area contributed by atoms with Gasteiger partial charge in [-0.25, -0.2) is 4.98 Å². The maximum absolute atomic E-state index is 12.4. The maximum atomic E-state index is 12.4. The highest BCUT2D eigenvalue weighted by atomic mass is 35.5. The molecule has 15 heavy (non-hydrogen) atoms. The van der Waals surface area contributed by atoms with Crippen molar-refractivity contribution in [2.45, 2.75) is 12.8 Å². The number of halogens is 4. The van der Waals surface area contributed by atoms with E-state index in [1.54, 1.807) is 0 Å². The Kier molecular flexibility index (Phi) is 3.17. The second-order valence-corrected chi connectivity index (χ2v) is 2.99. The maximum Gasteiger partial charge on any atom is 0.434 e. The molecule has 0 aliphatic carbocycles. The third kappa shape index (κ3) is 2.37. The molecule has 1 rings (SSSR count). The summed E-state index contributed by atoms with van der Waals surface area (Å²) in [6, 6.07) is 2.35. The topological polar surface area (TPSA) is 56.9 Å². The van der Waals surface area contributed by atoms with Gasteiger partial charge < -0.3 is 5.11 Å². The zero-order valence-electron chi connectivity index (χ0n) is 7.14. The number of pyridine rings is 1. The van der Waals surface area contributed by atoms with E-state index < -0.39 is 24.0 Å². The van der Waals surface area contributed by atoms with Gasteiger partial charge in [0.05, 0.1) is 17.3 Å². The molecule has 3 nitrogen and oxygen atoms in total. The molecule has 0 unspecified atom stereocenters. The number of aliphatic hydroxyl groups excluding tert-OH is 1. The van der Waals surface area contributed by atoms with Crippen LogP contribution in [0.4, 0.5) is 13.2 Å². The van der Waals surface area contributed by atoms with E-state index in [1.165, 1.54) is 6.07 Å². The van der Waals surface area contributed by atoms with Gasteiger partial charge in [0.15, 0.2) is 5.69 Å². The van der Waals surface area contributed by atoms with Crippen molar-refractivity contribution in [3.05, 3.63) is 28.0 Å². The fourth-order valence-electron chi connectivity index (χ4n) is 0.956. The minimum atomic E-state index is -4.76. The largest absolute Gasteiger partial charge is 0.434 e. The van der Waals surface area contributed by atoms with Crippen LogP contribution in [0.1, 0.15) is 17.0 Å². The Labute approximate surface area is 87.7 Å². The van der Waals surface area contributed by atoms with E-state index in [-0.39, 0.29) is 10.7 Å². The van der Waals surface area contributed by atoms with Gasteiger partial charge in [0.1, 0.15) is 11.6 Å². The number of nitrogens with zero attached hydrogens (tertiary/aromatic N) is 2. The lowest BCUT2D eigenvalue weighted by Crippen LogP contribution is -2.13. The average molecular weight is 237 g/mol. The summed E-state index contributed by atoms with van der Waals surface area (Å²) in [6.45, 7) is -0.672. The zero-order chi connectivity index (χ0) is 11.6. The SMILES string of the molecule is N#Cc1c(Cl)cc(CO)nc1C(F)(F)F. The second kappa shape index (κ2) is 4.04. The van der Waals surface area contributed by atoms with Crippen LogP contribution in [0, 0.1) is 11.3 Å². The van der Waals surface area contributed by atoms with E-state index in [1.807, 2.05) is 0 Å². The predicted octanol–water partition coefficient (Wildman–Crippen LogP) is 2.12. The normalized spacial score (nSPS) is 11.2. The van der Waals surface area contributed by atoms with Crippen LogP contribution in [0.25, 0.3) is 0 Å². The standard InChI is InChI=1S/C8H4ClF3N2O/c9-6-1-4(3-15)14-7(5(6)2-13)8(10,11)12/h1,15H,3H2. The Hall–Kier alpha value is -1.32. The van der Waals surface area contributed by atoms with Crippen molar-refractivity contribution in [2.24, 2.45) is 0 Å². The molecule has 0 radical (unpaired) electrons. The highest BCUT2D eigenvalue weighted by Crippen LogP contribution is 2.33. The molecule has 0 saturated heterocycles. The summed E-state index contributed by atoms with van der Waals surface area (Å²) in [5.74, 6) is 0. The van der Waals surface area contributed by atoms with Crippen molar-refractivity contribution in [1.82, 2.24) is 4.98 Å². The Morgan fingerprint density at radius 2 is 2.13 bits per heavy atom. The Morgan fingerprint density at radius 3 is 2.53 bits per heavy atom. The van der Waals surface area contributed by atoms with Gasteiger partial charge in [0.2, 0.25) is 0 Å². The smallest absolute Gasteiger partial charge is 0.390 e. The number of aromatic nitrogens is 1. The third-order valence-corrected chi connectivity index (χ3v) is 1.86. The molecule has 0 fully saturated rings. The minimum Gasteiger partial charge on any atom is -0.390 e. The third-order valence-electron chi connectivity index (χ3n) is 1.57. The molecule has 1 heterocycles. The van der Waals surface area contributed by atoms with E-state index in [0.717, 1.165) is 6.07 Å².